The van der Waals surface area contributed by atoms with Crippen molar-refractivity contribution in [2.24, 2.45) is 17.3 Å². The predicted octanol–water partition coefficient (Wildman–Crippen LogP) is 2.44. The molecule has 2 aliphatic carbocycles. The number of hydrogen-bond acceptors (Lipinski definition) is 2. The Morgan fingerprint density at radius 1 is 1.33 bits per heavy atom. The van der Waals surface area contributed by atoms with Gasteiger partial charge in [-0.3, -0.25) is 0 Å². The molecule has 0 saturated heterocycles. The molecule has 0 spiro atoms. The van der Waals surface area contributed by atoms with Gasteiger partial charge in [0.1, 0.15) is 0 Å². The molecule has 2 heteroatoms. The molecule has 1 N–H and O–H groups in total. The zero-order valence-corrected chi connectivity index (χ0v) is 10.2. The molecule has 15 heavy (non-hydrogen) atoms. The van der Waals surface area contributed by atoms with Gasteiger partial charge in [0.25, 0.3) is 0 Å². The summed E-state index contributed by atoms with van der Waals surface area (Å²) in [4.78, 5) is 0. The molecule has 88 valence electrons. The lowest BCUT2D eigenvalue weighted by Crippen LogP contribution is -2.30. The first-order valence-corrected chi connectivity index (χ1v) is 6.49. The van der Waals surface area contributed by atoms with Crippen LogP contribution >= 0.6 is 0 Å². The molecular formula is C13H25NO. The summed E-state index contributed by atoms with van der Waals surface area (Å²) in [7, 11) is 0. The first-order valence-electron chi connectivity index (χ1n) is 6.49. The first kappa shape index (κ1) is 11.4. The molecule has 0 heterocycles. The SMILES string of the molecule is CC(C)CNCC1(COCC2CC2)CC1. The Bertz CT molecular complexity index is 185. The van der Waals surface area contributed by atoms with Crippen LogP contribution in [0.3, 0.4) is 0 Å². The number of rotatable bonds is 8. The van der Waals surface area contributed by atoms with Gasteiger partial charge in [0, 0.05) is 18.6 Å². The van der Waals surface area contributed by atoms with Gasteiger partial charge in [0.05, 0.1) is 6.61 Å². The molecule has 2 fully saturated rings. The van der Waals surface area contributed by atoms with Crippen molar-refractivity contribution in [2.45, 2.75) is 39.5 Å². The van der Waals surface area contributed by atoms with E-state index < -0.39 is 0 Å². The molecule has 2 saturated carbocycles. The van der Waals surface area contributed by atoms with Gasteiger partial charge in [0.2, 0.25) is 0 Å². The van der Waals surface area contributed by atoms with Gasteiger partial charge in [-0.15, -0.1) is 0 Å². The lowest BCUT2D eigenvalue weighted by Gasteiger charge is -2.17. The molecule has 0 aromatic rings. The van der Waals surface area contributed by atoms with E-state index in [-0.39, 0.29) is 0 Å². The van der Waals surface area contributed by atoms with Crippen LogP contribution in [0.2, 0.25) is 0 Å². The fraction of sp³-hybridized carbons (Fsp3) is 1.00. The van der Waals surface area contributed by atoms with Crippen molar-refractivity contribution in [3.63, 3.8) is 0 Å². The van der Waals surface area contributed by atoms with Crippen molar-refractivity contribution in [1.82, 2.24) is 5.32 Å². The predicted molar refractivity (Wildman–Crippen MR) is 62.9 cm³/mol. The van der Waals surface area contributed by atoms with E-state index in [1.807, 2.05) is 0 Å². The van der Waals surface area contributed by atoms with Crippen molar-refractivity contribution in [2.75, 3.05) is 26.3 Å². The quantitative estimate of drug-likeness (QED) is 0.666. The minimum atomic E-state index is 0.518. The van der Waals surface area contributed by atoms with Crippen LogP contribution in [0.5, 0.6) is 0 Å². The zero-order chi connectivity index (χ0) is 10.7. The Balaban J connectivity index is 1.53. The number of nitrogens with one attached hydrogen (secondary N) is 1. The molecule has 2 nitrogen and oxygen atoms in total. The second-order valence-electron chi connectivity index (χ2n) is 5.98. The van der Waals surface area contributed by atoms with Crippen LogP contribution < -0.4 is 5.32 Å². The summed E-state index contributed by atoms with van der Waals surface area (Å²) in [6.45, 7) is 8.84. The summed E-state index contributed by atoms with van der Waals surface area (Å²) in [5, 5.41) is 3.56. The highest BCUT2D eigenvalue weighted by atomic mass is 16.5. The molecule has 0 aromatic carbocycles. The average molecular weight is 211 g/mol. The fourth-order valence-corrected chi connectivity index (χ4v) is 1.90. The van der Waals surface area contributed by atoms with Gasteiger partial charge in [0.15, 0.2) is 0 Å². The van der Waals surface area contributed by atoms with Crippen LogP contribution in [0.4, 0.5) is 0 Å². The van der Waals surface area contributed by atoms with E-state index in [0.29, 0.717) is 5.41 Å². The van der Waals surface area contributed by atoms with E-state index in [4.69, 9.17) is 4.74 Å². The Labute approximate surface area is 93.8 Å². The van der Waals surface area contributed by atoms with Gasteiger partial charge in [-0.25, -0.2) is 0 Å². The molecule has 2 aliphatic rings. The molecule has 2 rings (SSSR count). The summed E-state index contributed by atoms with van der Waals surface area (Å²) >= 11 is 0. The van der Waals surface area contributed by atoms with Gasteiger partial charge in [-0.05, 0) is 44.1 Å². The Morgan fingerprint density at radius 3 is 2.60 bits per heavy atom. The summed E-state index contributed by atoms with van der Waals surface area (Å²) in [6, 6.07) is 0. The van der Waals surface area contributed by atoms with Crippen molar-refractivity contribution in [3.8, 4) is 0 Å². The highest BCUT2D eigenvalue weighted by molar-refractivity contribution is 4.95. The lowest BCUT2D eigenvalue weighted by atomic mass is 10.1. The average Bonchev–Trinajstić information content (AvgIpc) is 3.01. The summed E-state index contributed by atoms with van der Waals surface area (Å²) in [6.07, 6.45) is 5.53. The van der Waals surface area contributed by atoms with Crippen LogP contribution in [-0.2, 0) is 4.74 Å². The molecule has 0 aromatic heterocycles. The van der Waals surface area contributed by atoms with Gasteiger partial charge >= 0.3 is 0 Å². The van der Waals surface area contributed by atoms with Crippen molar-refractivity contribution in [1.29, 1.82) is 0 Å². The minimum absolute atomic E-state index is 0.518. The van der Waals surface area contributed by atoms with Gasteiger partial charge in [-0.1, -0.05) is 13.8 Å². The normalized spacial score (nSPS) is 23.4. The second-order valence-corrected chi connectivity index (χ2v) is 5.98. The highest BCUT2D eigenvalue weighted by Gasteiger charge is 2.42. The summed E-state index contributed by atoms with van der Waals surface area (Å²) in [5.41, 5.74) is 0.518. The van der Waals surface area contributed by atoms with Crippen LogP contribution in [0, 0.1) is 17.3 Å². The largest absolute Gasteiger partial charge is 0.381 e. The third kappa shape index (κ3) is 4.12. The smallest absolute Gasteiger partial charge is 0.0534 e. The fourth-order valence-electron chi connectivity index (χ4n) is 1.90. The molecule has 0 atom stereocenters. The van der Waals surface area contributed by atoms with E-state index in [9.17, 15) is 0 Å². The second kappa shape index (κ2) is 4.84. The van der Waals surface area contributed by atoms with Crippen LogP contribution in [-0.4, -0.2) is 26.3 Å². The maximum atomic E-state index is 5.80. The third-order valence-electron chi connectivity index (χ3n) is 3.47. The Kier molecular flexibility index (Phi) is 3.68. The number of hydrogen-bond donors (Lipinski definition) is 1. The maximum absolute atomic E-state index is 5.80. The van der Waals surface area contributed by atoms with Crippen molar-refractivity contribution < 1.29 is 4.74 Å². The zero-order valence-electron chi connectivity index (χ0n) is 10.2. The number of ether oxygens (including phenoxy) is 1. The van der Waals surface area contributed by atoms with Crippen LogP contribution in [0.1, 0.15) is 39.5 Å². The van der Waals surface area contributed by atoms with E-state index in [0.717, 1.165) is 38.1 Å². The lowest BCUT2D eigenvalue weighted by molar-refractivity contribution is 0.0818. The monoisotopic (exact) mass is 211 g/mol. The van der Waals surface area contributed by atoms with Crippen molar-refractivity contribution in [3.05, 3.63) is 0 Å². The third-order valence-corrected chi connectivity index (χ3v) is 3.47. The topological polar surface area (TPSA) is 21.3 Å². The molecule has 0 radical (unpaired) electrons. The van der Waals surface area contributed by atoms with Crippen LogP contribution in [0.25, 0.3) is 0 Å². The summed E-state index contributed by atoms with van der Waals surface area (Å²) < 4.78 is 5.80. The molecule has 0 bridgehead atoms. The Morgan fingerprint density at radius 2 is 2.07 bits per heavy atom. The summed E-state index contributed by atoms with van der Waals surface area (Å²) in [5.74, 6) is 1.66. The standard InChI is InChI=1S/C13H25NO/c1-11(2)7-14-9-13(5-6-13)10-15-8-12-3-4-12/h11-12,14H,3-10H2,1-2H3. The Hall–Kier alpha value is -0.0800. The van der Waals surface area contributed by atoms with E-state index in [1.54, 1.807) is 0 Å². The van der Waals surface area contributed by atoms with Crippen molar-refractivity contribution >= 4 is 0 Å². The van der Waals surface area contributed by atoms with Gasteiger partial charge in [-0.2, -0.15) is 0 Å². The molecular weight excluding hydrogens is 186 g/mol. The van der Waals surface area contributed by atoms with Gasteiger partial charge < -0.3 is 10.1 Å². The van der Waals surface area contributed by atoms with E-state index in [2.05, 4.69) is 19.2 Å². The highest BCUT2D eigenvalue weighted by Crippen LogP contribution is 2.45. The minimum Gasteiger partial charge on any atom is -0.381 e. The first-order chi connectivity index (χ1) is 7.20. The molecule has 0 unspecified atom stereocenters. The maximum Gasteiger partial charge on any atom is 0.0534 e. The van der Waals surface area contributed by atoms with E-state index >= 15 is 0 Å². The van der Waals surface area contributed by atoms with E-state index in [1.165, 1.54) is 25.7 Å². The van der Waals surface area contributed by atoms with Crippen LogP contribution in [0.15, 0.2) is 0 Å². The molecule has 0 aliphatic heterocycles. The molecule has 0 amide bonds.